The number of benzene rings is 1. The second kappa shape index (κ2) is 9.20. The van der Waals surface area contributed by atoms with Gasteiger partial charge in [-0.2, -0.15) is 0 Å². The van der Waals surface area contributed by atoms with E-state index in [0.29, 0.717) is 30.7 Å². The largest absolute Gasteiger partial charge is 0.550 e. The van der Waals surface area contributed by atoms with Gasteiger partial charge < -0.3 is 20.0 Å². The number of nitrogens with one attached hydrogen (secondary N) is 1. The highest BCUT2D eigenvalue weighted by atomic mass is 16.5. The summed E-state index contributed by atoms with van der Waals surface area (Å²) in [5, 5.41) is 13.9. The maximum absolute atomic E-state index is 12.4. The molecule has 1 fully saturated rings. The Labute approximate surface area is 147 Å². The first kappa shape index (κ1) is 19.0. The molecule has 136 valence electrons. The number of carbonyl (C=O) groups is 3. The molecular formula is C19H24NO5-. The van der Waals surface area contributed by atoms with E-state index in [4.69, 9.17) is 4.74 Å². The monoisotopic (exact) mass is 346 g/mol. The zero-order chi connectivity index (χ0) is 18.2. The molecule has 0 radical (unpaired) electrons. The molecule has 0 aromatic heterocycles. The predicted molar refractivity (Wildman–Crippen MR) is 90.7 cm³/mol. The van der Waals surface area contributed by atoms with E-state index >= 15 is 0 Å². The van der Waals surface area contributed by atoms with Crippen molar-refractivity contribution in [2.45, 2.75) is 45.4 Å². The molecule has 0 aliphatic heterocycles. The number of carboxylic acids is 1. The molecule has 1 amide bonds. The molecule has 0 saturated heterocycles. The number of hydrogen-bond donors (Lipinski definition) is 1. The van der Waals surface area contributed by atoms with Crippen LogP contribution in [-0.4, -0.2) is 24.5 Å². The van der Waals surface area contributed by atoms with Gasteiger partial charge in [0.1, 0.15) is 0 Å². The van der Waals surface area contributed by atoms with Crippen LogP contribution in [0.2, 0.25) is 0 Å². The standard InChI is InChI=1S/C19H25NO5/c1-2-3-12-25-19(24)13-8-10-14(11-9-13)20-17(21)15-6-4-5-7-16(15)18(22)23/h8-11,15-16H,2-7,12H2,1H3,(H,20,21)(H,22,23)/p-1/t15-,16-/m1/s1. The van der Waals surface area contributed by atoms with E-state index < -0.39 is 23.8 Å². The number of hydrogen-bond acceptors (Lipinski definition) is 5. The molecule has 25 heavy (non-hydrogen) atoms. The van der Waals surface area contributed by atoms with E-state index in [-0.39, 0.29) is 5.91 Å². The van der Waals surface area contributed by atoms with Crippen LogP contribution in [0.15, 0.2) is 24.3 Å². The summed E-state index contributed by atoms with van der Waals surface area (Å²) in [6, 6.07) is 6.40. The maximum atomic E-state index is 12.4. The molecule has 1 aromatic rings. The number of anilines is 1. The second-order valence-corrected chi connectivity index (χ2v) is 6.37. The predicted octanol–water partition coefficient (Wildman–Crippen LogP) is 2.14. The minimum atomic E-state index is -1.16. The minimum Gasteiger partial charge on any atom is -0.550 e. The summed E-state index contributed by atoms with van der Waals surface area (Å²) >= 11 is 0. The molecule has 1 N–H and O–H groups in total. The molecule has 2 rings (SSSR count). The van der Waals surface area contributed by atoms with Gasteiger partial charge in [-0.1, -0.05) is 26.2 Å². The lowest BCUT2D eigenvalue weighted by atomic mass is 9.78. The Kier molecular flexibility index (Phi) is 6.98. The van der Waals surface area contributed by atoms with Gasteiger partial charge in [0.25, 0.3) is 0 Å². The SMILES string of the molecule is CCCCOC(=O)c1ccc(NC(=O)[C@@H]2CCCC[C@H]2C(=O)[O-])cc1. The quantitative estimate of drug-likeness (QED) is 0.603. The molecule has 1 saturated carbocycles. The number of unbranched alkanes of at least 4 members (excludes halogenated alkanes) is 1. The lowest BCUT2D eigenvalue weighted by Gasteiger charge is -2.31. The zero-order valence-corrected chi connectivity index (χ0v) is 14.5. The van der Waals surface area contributed by atoms with E-state index in [1.54, 1.807) is 24.3 Å². The van der Waals surface area contributed by atoms with Crippen LogP contribution in [0.3, 0.4) is 0 Å². The van der Waals surface area contributed by atoms with E-state index in [1.807, 2.05) is 6.92 Å². The van der Waals surface area contributed by atoms with Crippen molar-refractivity contribution in [1.29, 1.82) is 0 Å². The average Bonchev–Trinajstić information content (AvgIpc) is 2.62. The van der Waals surface area contributed by atoms with Crippen LogP contribution < -0.4 is 10.4 Å². The molecule has 6 nitrogen and oxygen atoms in total. The van der Waals surface area contributed by atoms with Gasteiger partial charge in [0.05, 0.1) is 12.2 Å². The average molecular weight is 346 g/mol. The van der Waals surface area contributed by atoms with Crippen LogP contribution in [-0.2, 0) is 14.3 Å². The van der Waals surface area contributed by atoms with Crippen LogP contribution in [0.4, 0.5) is 5.69 Å². The van der Waals surface area contributed by atoms with Gasteiger partial charge in [0.2, 0.25) is 5.91 Å². The van der Waals surface area contributed by atoms with Crippen molar-refractivity contribution in [2.24, 2.45) is 11.8 Å². The first-order valence-corrected chi connectivity index (χ1v) is 8.81. The molecule has 0 heterocycles. The minimum absolute atomic E-state index is 0.313. The van der Waals surface area contributed by atoms with Crippen LogP contribution in [0, 0.1) is 11.8 Å². The fraction of sp³-hybridized carbons (Fsp3) is 0.526. The van der Waals surface area contributed by atoms with E-state index in [0.717, 1.165) is 25.7 Å². The van der Waals surface area contributed by atoms with Crippen molar-refractivity contribution in [3.8, 4) is 0 Å². The zero-order valence-electron chi connectivity index (χ0n) is 14.5. The third kappa shape index (κ3) is 5.31. The first-order chi connectivity index (χ1) is 12.0. The normalized spacial score (nSPS) is 19.9. The molecule has 2 atom stereocenters. The van der Waals surface area contributed by atoms with E-state index in [2.05, 4.69) is 5.32 Å². The highest BCUT2D eigenvalue weighted by Gasteiger charge is 2.31. The third-order valence-electron chi connectivity index (χ3n) is 4.52. The third-order valence-corrected chi connectivity index (χ3v) is 4.52. The fourth-order valence-electron chi connectivity index (χ4n) is 3.04. The van der Waals surface area contributed by atoms with Crippen molar-refractivity contribution in [2.75, 3.05) is 11.9 Å². The van der Waals surface area contributed by atoms with Gasteiger partial charge in [0, 0.05) is 23.5 Å². The van der Waals surface area contributed by atoms with Gasteiger partial charge in [-0.05, 0) is 43.5 Å². The Morgan fingerprint density at radius 3 is 2.36 bits per heavy atom. The first-order valence-electron chi connectivity index (χ1n) is 8.81. The number of ether oxygens (including phenoxy) is 1. The van der Waals surface area contributed by atoms with Crippen molar-refractivity contribution in [1.82, 2.24) is 0 Å². The summed E-state index contributed by atoms with van der Waals surface area (Å²) in [5.41, 5.74) is 0.942. The van der Waals surface area contributed by atoms with Crippen molar-refractivity contribution >= 4 is 23.5 Å². The Balaban J connectivity index is 1.94. The highest BCUT2D eigenvalue weighted by molar-refractivity contribution is 5.96. The molecule has 1 aliphatic carbocycles. The number of aliphatic carboxylic acids is 1. The number of esters is 1. The van der Waals surface area contributed by atoms with Crippen LogP contribution in [0.5, 0.6) is 0 Å². The van der Waals surface area contributed by atoms with Crippen LogP contribution in [0.25, 0.3) is 0 Å². The number of rotatable bonds is 7. The van der Waals surface area contributed by atoms with Gasteiger partial charge in [0.15, 0.2) is 0 Å². The van der Waals surface area contributed by atoms with E-state index in [1.165, 1.54) is 0 Å². The van der Waals surface area contributed by atoms with Gasteiger partial charge >= 0.3 is 5.97 Å². The molecule has 0 bridgehead atoms. The number of carboxylic acid groups (broad SMARTS) is 1. The Hall–Kier alpha value is -2.37. The topological polar surface area (TPSA) is 95.5 Å². The highest BCUT2D eigenvalue weighted by Crippen LogP contribution is 2.30. The number of carbonyl (C=O) groups excluding carboxylic acids is 3. The maximum Gasteiger partial charge on any atom is 0.338 e. The van der Waals surface area contributed by atoms with Crippen molar-refractivity contribution in [3.63, 3.8) is 0 Å². The molecule has 0 spiro atoms. The number of amides is 1. The molecule has 6 heteroatoms. The fourth-order valence-corrected chi connectivity index (χ4v) is 3.04. The van der Waals surface area contributed by atoms with E-state index in [9.17, 15) is 19.5 Å². The van der Waals surface area contributed by atoms with Gasteiger partial charge in [-0.25, -0.2) is 4.79 Å². The molecule has 1 aliphatic rings. The van der Waals surface area contributed by atoms with Crippen molar-refractivity contribution in [3.05, 3.63) is 29.8 Å². The molecule has 1 aromatic carbocycles. The summed E-state index contributed by atoms with van der Waals surface area (Å²) < 4.78 is 5.13. The summed E-state index contributed by atoms with van der Waals surface area (Å²) in [4.78, 5) is 35.4. The summed E-state index contributed by atoms with van der Waals surface area (Å²) in [6.07, 6.45) is 4.43. The Morgan fingerprint density at radius 1 is 1.12 bits per heavy atom. The van der Waals surface area contributed by atoms with Crippen molar-refractivity contribution < 1.29 is 24.2 Å². The molecular weight excluding hydrogens is 322 g/mol. The second-order valence-electron chi connectivity index (χ2n) is 6.37. The lowest BCUT2D eigenvalue weighted by molar-refractivity contribution is -0.313. The Morgan fingerprint density at radius 2 is 1.76 bits per heavy atom. The lowest BCUT2D eigenvalue weighted by Crippen LogP contribution is -2.42. The summed E-state index contributed by atoms with van der Waals surface area (Å²) in [6.45, 7) is 2.41. The summed E-state index contributed by atoms with van der Waals surface area (Å²) in [5.74, 6) is -3.17. The Bertz CT molecular complexity index is 611. The smallest absolute Gasteiger partial charge is 0.338 e. The van der Waals surface area contributed by atoms with Gasteiger partial charge in [-0.3, -0.25) is 4.79 Å². The summed E-state index contributed by atoms with van der Waals surface area (Å²) in [7, 11) is 0. The molecule has 0 unspecified atom stereocenters. The van der Waals surface area contributed by atoms with Crippen LogP contribution in [0.1, 0.15) is 55.8 Å². The van der Waals surface area contributed by atoms with Gasteiger partial charge in [-0.15, -0.1) is 0 Å². The van der Waals surface area contributed by atoms with Crippen LogP contribution >= 0.6 is 0 Å².